The van der Waals surface area contributed by atoms with Crippen LogP contribution in [0.1, 0.15) is 19.8 Å². The molecule has 1 rings (SSSR count). The molecule has 0 aromatic carbocycles. The summed E-state index contributed by atoms with van der Waals surface area (Å²) in [6.07, 6.45) is 2.46. The summed E-state index contributed by atoms with van der Waals surface area (Å²) < 4.78 is 0. The third-order valence-corrected chi connectivity index (χ3v) is 2.52. The van der Waals surface area contributed by atoms with Crippen molar-refractivity contribution in [2.45, 2.75) is 25.3 Å². The molecule has 1 fully saturated rings. The fourth-order valence-corrected chi connectivity index (χ4v) is 1.52. The van der Waals surface area contributed by atoms with Crippen molar-refractivity contribution in [2.24, 2.45) is 5.90 Å². The summed E-state index contributed by atoms with van der Waals surface area (Å²) in [5.74, 6) is 5.03. The van der Waals surface area contributed by atoms with Crippen LogP contribution in [0.3, 0.4) is 0 Å². The molecule has 0 bridgehead atoms. The predicted molar refractivity (Wildman–Crippen MR) is 40.4 cm³/mol. The minimum atomic E-state index is 0.189. The second-order valence-corrected chi connectivity index (χ2v) is 3.33. The van der Waals surface area contributed by atoms with Crippen LogP contribution in [0.5, 0.6) is 0 Å². The molecule has 3 nitrogen and oxygen atoms in total. The Balaban J connectivity index is 2.48. The fourth-order valence-electron chi connectivity index (χ4n) is 1.52. The van der Waals surface area contributed by atoms with Crippen LogP contribution < -0.4 is 5.90 Å². The van der Waals surface area contributed by atoms with Crippen LogP contribution in [0.2, 0.25) is 0 Å². The van der Waals surface area contributed by atoms with Crippen molar-refractivity contribution in [2.75, 3.05) is 20.2 Å². The highest BCUT2D eigenvalue weighted by atomic mass is 16.6. The van der Waals surface area contributed by atoms with E-state index in [1.165, 1.54) is 19.4 Å². The van der Waals surface area contributed by atoms with Crippen LogP contribution in [0.4, 0.5) is 0 Å². The highest BCUT2D eigenvalue weighted by Gasteiger charge is 2.33. The Labute approximate surface area is 62.1 Å². The van der Waals surface area contributed by atoms with Gasteiger partial charge in [0.2, 0.25) is 0 Å². The van der Waals surface area contributed by atoms with Crippen LogP contribution in [-0.2, 0) is 4.84 Å². The highest BCUT2D eigenvalue weighted by molar-refractivity contribution is 4.89. The Morgan fingerprint density at radius 2 is 2.40 bits per heavy atom. The van der Waals surface area contributed by atoms with Gasteiger partial charge in [0.25, 0.3) is 0 Å². The number of likely N-dealkylation sites (N-methyl/N-ethyl adjacent to an activating group) is 1. The van der Waals surface area contributed by atoms with E-state index in [1.54, 1.807) is 0 Å². The van der Waals surface area contributed by atoms with E-state index in [0.29, 0.717) is 6.61 Å². The molecule has 0 spiro atoms. The number of likely N-dealkylation sites (tertiary alicyclic amines) is 1. The van der Waals surface area contributed by atoms with Crippen molar-refractivity contribution in [1.82, 2.24) is 4.90 Å². The Morgan fingerprint density at radius 1 is 1.70 bits per heavy atom. The Hall–Kier alpha value is -0.120. The van der Waals surface area contributed by atoms with Crippen molar-refractivity contribution in [3.63, 3.8) is 0 Å². The zero-order chi connectivity index (χ0) is 7.61. The van der Waals surface area contributed by atoms with Gasteiger partial charge in [0, 0.05) is 5.54 Å². The maximum absolute atomic E-state index is 5.03. The standard InChI is InChI=1S/C7H16N2O/c1-7(6-10-8)4-3-5-9(7)2/h3-6,8H2,1-2H3/t7-/m1/s1. The first-order valence-corrected chi connectivity index (χ1v) is 3.72. The summed E-state index contributed by atoms with van der Waals surface area (Å²) in [5, 5.41) is 0. The van der Waals surface area contributed by atoms with Gasteiger partial charge < -0.3 is 4.84 Å². The smallest absolute Gasteiger partial charge is 0.0860 e. The van der Waals surface area contributed by atoms with Crippen LogP contribution in [-0.4, -0.2) is 30.6 Å². The van der Waals surface area contributed by atoms with Gasteiger partial charge in [-0.3, -0.25) is 4.90 Å². The SMILES string of the molecule is CN1CCC[C@]1(C)CON. The minimum Gasteiger partial charge on any atom is -0.303 e. The van der Waals surface area contributed by atoms with Gasteiger partial charge in [0.1, 0.15) is 0 Å². The van der Waals surface area contributed by atoms with Gasteiger partial charge in [0.15, 0.2) is 0 Å². The van der Waals surface area contributed by atoms with E-state index < -0.39 is 0 Å². The molecule has 1 heterocycles. The highest BCUT2D eigenvalue weighted by Crippen LogP contribution is 2.26. The van der Waals surface area contributed by atoms with E-state index in [1.807, 2.05) is 0 Å². The first kappa shape index (κ1) is 7.98. The van der Waals surface area contributed by atoms with E-state index in [4.69, 9.17) is 5.90 Å². The third kappa shape index (κ3) is 1.31. The second kappa shape index (κ2) is 2.86. The summed E-state index contributed by atoms with van der Waals surface area (Å²) in [5.41, 5.74) is 0.189. The Bertz CT molecular complexity index is 118. The molecule has 0 radical (unpaired) electrons. The Kier molecular flexibility index (Phi) is 2.28. The Morgan fingerprint density at radius 3 is 2.80 bits per heavy atom. The molecular weight excluding hydrogens is 128 g/mol. The third-order valence-electron chi connectivity index (χ3n) is 2.52. The summed E-state index contributed by atoms with van der Waals surface area (Å²) in [7, 11) is 2.12. The van der Waals surface area contributed by atoms with Crippen LogP contribution in [0, 0.1) is 0 Å². The van der Waals surface area contributed by atoms with E-state index >= 15 is 0 Å². The maximum Gasteiger partial charge on any atom is 0.0860 e. The average molecular weight is 144 g/mol. The number of nitrogens with two attached hydrogens (primary N) is 1. The zero-order valence-electron chi connectivity index (χ0n) is 6.76. The van der Waals surface area contributed by atoms with Crippen LogP contribution in [0.15, 0.2) is 0 Å². The second-order valence-electron chi connectivity index (χ2n) is 3.33. The molecule has 0 aromatic heterocycles. The predicted octanol–water partition coefficient (Wildman–Crippen LogP) is 0.361. The molecule has 60 valence electrons. The fraction of sp³-hybridized carbons (Fsp3) is 1.00. The van der Waals surface area contributed by atoms with E-state index in [2.05, 4.69) is 23.7 Å². The lowest BCUT2D eigenvalue weighted by atomic mass is 10.0. The molecule has 1 saturated heterocycles. The van der Waals surface area contributed by atoms with Crippen molar-refractivity contribution in [1.29, 1.82) is 0 Å². The van der Waals surface area contributed by atoms with E-state index in [0.717, 1.165) is 0 Å². The van der Waals surface area contributed by atoms with Gasteiger partial charge in [-0.25, -0.2) is 5.90 Å². The lowest BCUT2D eigenvalue weighted by molar-refractivity contribution is 0.0356. The summed E-state index contributed by atoms with van der Waals surface area (Å²) in [6, 6.07) is 0. The maximum atomic E-state index is 5.03. The molecule has 2 N–H and O–H groups in total. The van der Waals surface area contributed by atoms with Gasteiger partial charge in [-0.2, -0.15) is 0 Å². The van der Waals surface area contributed by atoms with Gasteiger partial charge in [-0.15, -0.1) is 0 Å². The minimum absolute atomic E-state index is 0.189. The molecule has 0 aromatic rings. The van der Waals surface area contributed by atoms with Gasteiger partial charge in [0.05, 0.1) is 6.61 Å². The van der Waals surface area contributed by atoms with Crippen molar-refractivity contribution < 1.29 is 4.84 Å². The molecule has 10 heavy (non-hydrogen) atoms. The van der Waals surface area contributed by atoms with Crippen LogP contribution >= 0.6 is 0 Å². The van der Waals surface area contributed by atoms with Crippen molar-refractivity contribution in [3.8, 4) is 0 Å². The molecule has 0 unspecified atom stereocenters. The number of hydrogen-bond acceptors (Lipinski definition) is 3. The molecule has 1 atom stereocenters. The summed E-state index contributed by atoms with van der Waals surface area (Å²) in [6.45, 7) is 4.00. The molecule has 0 saturated carbocycles. The van der Waals surface area contributed by atoms with Crippen LogP contribution in [0.25, 0.3) is 0 Å². The van der Waals surface area contributed by atoms with Crippen molar-refractivity contribution >= 4 is 0 Å². The van der Waals surface area contributed by atoms with Gasteiger partial charge in [-0.1, -0.05) is 0 Å². The molecule has 3 heteroatoms. The van der Waals surface area contributed by atoms with Crippen molar-refractivity contribution in [3.05, 3.63) is 0 Å². The molecule has 1 aliphatic rings. The number of rotatable bonds is 2. The quantitative estimate of drug-likeness (QED) is 0.569. The average Bonchev–Trinajstić information content (AvgIpc) is 2.15. The normalized spacial score (nSPS) is 35.1. The van der Waals surface area contributed by atoms with E-state index in [-0.39, 0.29) is 5.54 Å². The summed E-state index contributed by atoms with van der Waals surface area (Å²) >= 11 is 0. The topological polar surface area (TPSA) is 38.5 Å². The monoisotopic (exact) mass is 144 g/mol. The van der Waals surface area contributed by atoms with Gasteiger partial charge >= 0.3 is 0 Å². The number of nitrogens with zero attached hydrogens (tertiary/aromatic N) is 1. The lowest BCUT2D eigenvalue weighted by Gasteiger charge is -2.30. The molecule has 0 amide bonds. The molecule has 0 aliphatic carbocycles. The van der Waals surface area contributed by atoms with Gasteiger partial charge in [-0.05, 0) is 33.4 Å². The lowest BCUT2D eigenvalue weighted by Crippen LogP contribution is -2.43. The molecular formula is C7H16N2O. The largest absolute Gasteiger partial charge is 0.303 e. The first-order chi connectivity index (χ1) is 4.69. The molecule has 1 aliphatic heterocycles. The first-order valence-electron chi connectivity index (χ1n) is 3.72. The number of hydrogen-bond donors (Lipinski definition) is 1. The summed E-state index contributed by atoms with van der Waals surface area (Å²) in [4.78, 5) is 6.96. The van der Waals surface area contributed by atoms with E-state index in [9.17, 15) is 0 Å². The zero-order valence-corrected chi connectivity index (χ0v) is 6.76.